The first-order chi connectivity index (χ1) is 21.9. The summed E-state index contributed by atoms with van der Waals surface area (Å²) in [4.78, 5) is 95.6. The molecule has 47 heavy (non-hydrogen) atoms. The predicted octanol–water partition coefficient (Wildman–Crippen LogP) is -1.36. The highest BCUT2D eigenvalue weighted by molar-refractivity contribution is 7.30. The molecule has 2 aliphatic heterocycles. The van der Waals surface area contributed by atoms with Crippen molar-refractivity contribution >= 4 is 50.0 Å². The van der Waals surface area contributed by atoms with E-state index in [1.165, 1.54) is 0 Å². The van der Waals surface area contributed by atoms with Gasteiger partial charge in [0.2, 0.25) is 0 Å². The van der Waals surface area contributed by atoms with E-state index in [1.54, 1.807) is 0 Å². The van der Waals surface area contributed by atoms with E-state index in [1.807, 2.05) is 0 Å². The lowest BCUT2D eigenvalue weighted by molar-refractivity contribution is -0.356. The van der Waals surface area contributed by atoms with Crippen molar-refractivity contribution in [2.24, 2.45) is 0 Å². The minimum Gasteiger partial charge on any atom is -0.566 e. The summed E-state index contributed by atoms with van der Waals surface area (Å²) in [5, 5.41) is 0. The molecule has 0 N–H and O–H groups in total. The van der Waals surface area contributed by atoms with Gasteiger partial charge in [-0.25, -0.2) is 0 Å². The molecule has 1 unspecified atom stereocenters. The third-order valence-electron chi connectivity index (χ3n) is 6.08. The van der Waals surface area contributed by atoms with Crippen LogP contribution in [0.5, 0.6) is 0 Å². The molecule has 2 saturated heterocycles. The zero-order valence-corrected chi connectivity index (χ0v) is 27.2. The maximum atomic E-state index is 12.3. The molecule has 21 heteroatoms. The van der Waals surface area contributed by atoms with Crippen LogP contribution < -0.4 is 4.89 Å². The molecule has 2 aliphatic rings. The van der Waals surface area contributed by atoms with E-state index in [9.17, 15) is 43.0 Å². The van der Waals surface area contributed by atoms with E-state index in [2.05, 4.69) is 0 Å². The molecule has 0 amide bonds. The van der Waals surface area contributed by atoms with Gasteiger partial charge >= 0.3 is 50.0 Å². The third-order valence-corrected chi connectivity index (χ3v) is 6.46. The van der Waals surface area contributed by atoms with Crippen molar-refractivity contribution in [2.45, 2.75) is 110 Å². The zero-order valence-electron chi connectivity index (χ0n) is 26.3. The standard InChI is InChI=1S/C26H35O20P/c1-10(27)36-8-17-19(38-12(3)29)21(39-13(4)30)23(41-15(6)32)25(43-17)45-20-18(9-37-11(2)28)44-26(46-47(34)35)24(42-16(7)33)22(20)40-14(5)31/h17-26H,8-9H2,1-7H3/t17-,18-,19+,20-,21+,22+,23-,24-,25+,26-/m1/s1. The van der Waals surface area contributed by atoms with Crippen molar-refractivity contribution in [1.29, 1.82) is 0 Å². The SMILES string of the molecule is CC(=O)OC[C@H]1O[C@@H](O[C@H]2[C@H](OC(C)=O)[C@@H](OC(C)=O)[C@@H](O[P+](=O)[O-])O[C@@H]2COC(C)=O)[C@H](OC(C)=O)[C@@H](OC(C)=O)[C@H]1OC(C)=O. The second-order valence-corrected chi connectivity index (χ2v) is 10.6. The lowest BCUT2D eigenvalue weighted by atomic mass is 9.96. The summed E-state index contributed by atoms with van der Waals surface area (Å²) >= 11 is 0. The van der Waals surface area contributed by atoms with Crippen LogP contribution in [0.2, 0.25) is 0 Å². The molecule has 0 bridgehead atoms. The Morgan fingerprint density at radius 1 is 0.511 bits per heavy atom. The normalized spacial score (nSPS) is 30.5. The smallest absolute Gasteiger partial charge is 0.491 e. The van der Waals surface area contributed by atoms with Crippen LogP contribution in [0.1, 0.15) is 48.5 Å². The second kappa shape index (κ2) is 17.9. The molecule has 20 nitrogen and oxygen atoms in total. The van der Waals surface area contributed by atoms with Gasteiger partial charge in [-0.3, -0.25) is 33.6 Å². The molecule has 0 spiro atoms. The average Bonchev–Trinajstić information content (AvgIpc) is 2.91. The number of hydrogen-bond donors (Lipinski definition) is 0. The highest BCUT2D eigenvalue weighted by atomic mass is 31.1. The van der Waals surface area contributed by atoms with E-state index in [4.69, 9.17) is 51.9 Å². The van der Waals surface area contributed by atoms with E-state index in [0.29, 0.717) is 0 Å². The van der Waals surface area contributed by atoms with Crippen LogP contribution in [0.4, 0.5) is 0 Å². The molecule has 0 aromatic heterocycles. The number of rotatable bonds is 13. The van der Waals surface area contributed by atoms with E-state index in [-0.39, 0.29) is 0 Å². The Kier molecular flexibility index (Phi) is 15.0. The molecule has 264 valence electrons. The van der Waals surface area contributed by atoms with Crippen molar-refractivity contribution in [3.8, 4) is 0 Å². The zero-order chi connectivity index (χ0) is 35.6. The van der Waals surface area contributed by atoms with Crippen LogP contribution in [-0.4, -0.2) is 116 Å². The first kappa shape index (κ1) is 39.4. The fourth-order valence-electron chi connectivity index (χ4n) is 4.64. The van der Waals surface area contributed by atoms with Gasteiger partial charge in [0.25, 0.3) is 6.29 Å². The number of carbonyl (C=O) groups excluding carboxylic acids is 7. The highest BCUT2D eigenvalue weighted by Crippen LogP contribution is 2.36. The molecule has 2 rings (SSSR count). The van der Waals surface area contributed by atoms with Crippen LogP contribution in [-0.2, 0) is 90.0 Å². The van der Waals surface area contributed by atoms with Crippen LogP contribution in [0.25, 0.3) is 0 Å². The minimum absolute atomic E-state index is 0.619. The molecule has 0 radical (unpaired) electrons. The van der Waals surface area contributed by atoms with Gasteiger partial charge in [-0.2, -0.15) is 0 Å². The van der Waals surface area contributed by atoms with Crippen LogP contribution in [0.3, 0.4) is 0 Å². The second-order valence-electron chi connectivity index (χ2n) is 9.99. The van der Waals surface area contributed by atoms with Gasteiger partial charge in [-0.15, -0.1) is 4.52 Å². The van der Waals surface area contributed by atoms with Gasteiger partial charge in [-0.1, -0.05) is 0 Å². The average molecular weight is 699 g/mol. The fourth-order valence-corrected chi connectivity index (χ4v) is 4.98. The fraction of sp³-hybridized carbons (Fsp3) is 0.731. The van der Waals surface area contributed by atoms with Crippen LogP contribution in [0, 0.1) is 0 Å². The van der Waals surface area contributed by atoms with Gasteiger partial charge in [-0.05, 0) is 4.57 Å². The molecule has 0 saturated carbocycles. The van der Waals surface area contributed by atoms with Crippen LogP contribution >= 0.6 is 8.25 Å². The van der Waals surface area contributed by atoms with Crippen molar-refractivity contribution in [2.75, 3.05) is 13.2 Å². The molecule has 2 heterocycles. The monoisotopic (exact) mass is 698 g/mol. The summed E-state index contributed by atoms with van der Waals surface area (Å²) in [7, 11) is -3.66. The first-order valence-electron chi connectivity index (χ1n) is 13.8. The number of esters is 7. The molecule has 0 aliphatic carbocycles. The molecule has 2 fully saturated rings. The van der Waals surface area contributed by atoms with Gasteiger partial charge in [0.1, 0.15) is 31.5 Å². The Balaban J connectivity index is 2.73. The summed E-state index contributed by atoms with van der Waals surface area (Å²) in [6.07, 6.45) is -17.2. The van der Waals surface area contributed by atoms with Crippen molar-refractivity contribution in [3.63, 3.8) is 0 Å². The number of hydrogen-bond acceptors (Lipinski definition) is 20. The van der Waals surface area contributed by atoms with E-state index in [0.717, 1.165) is 48.5 Å². The van der Waals surface area contributed by atoms with Gasteiger partial charge in [0.15, 0.2) is 36.8 Å². The summed E-state index contributed by atoms with van der Waals surface area (Å²) in [6.45, 7) is 5.66. The maximum Gasteiger partial charge on any atom is 0.491 e. The molecule has 0 aromatic carbocycles. The summed E-state index contributed by atoms with van der Waals surface area (Å²) in [5.74, 6) is -6.43. The van der Waals surface area contributed by atoms with E-state index < -0.39 is 125 Å². The molecule has 11 atom stereocenters. The minimum atomic E-state index is -3.66. The molecular formula is C26H35O20P. The van der Waals surface area contributed by atoms with Gasteiger partial charge < -0.3 is 52.3 Å². The maximum absolute atomic E-state index is 12.3. The number of carbonyl (C=O) groups is 7. The van der Waals surface area contributed by atoms with E-state index >= 15 is 0 Å². The van der Waals surface area contributed by atoms with Crippen molar-refractivity contribution < 1.29 is 94.9 Å². The summed E-state index contributed by atoms with van der Waals surface area (Å²) < 4.78 is 70.6. The molecular weight excluding hydrogens is 663 g/mol. The Morgan fingerprint density at radius 2 is 0.851 bits per heavy atom. The summed E-state index contributed by atoms with van der Waals surface area (Å²) in [6, 6.07) is 0. The Labute approximate surface area is 268 Å². The highest BCUT2D eigenvalue weighted by Gasteiger charge is 2.58. The van der Waals surface area contributed by atoms with Crippen LogP contribution in [0.15, 0.2) is 0 Å². The third kappa shape index (κ3) is 12.4. The Morgan fingerprint density at radius 3 is 1.26 bits per heavy atom. The molecule has 0 aromatic rings. The lowest BCUT2D eigenvalue weighted by Crippen LogP contribution is -2.67. The topological polar surface area (TPSA) is 261 Å². The largest absolute Gasteiger partial charge is 0.566 e. The predicted molar refractivity (Wildman–Crippen MR) is 142 cm³/mol. The van der Waals surface area contributed by atoms with Crippen molar-refractivity contribution in [3.05, 3.63) is 0 Å². The quantitative estimate of drug-likeness (QED) is 0.122. The Bertz CT molecular complexity index is 1200. The first-order valence-corrected chi connectivity index (χ1v) is 14.9. The van der Waals surface area contributed by atoms with Crippen molar-refractivity contribution in [1.82, 2.24) is 0 Å². The number of ether oxygens (including phenoxy) is 10. The van der Waals surface area contributed by atoms with Gasteiger partial charge in [0, 0.05) is 48.5 Å². The lowest BCUT2D eigenvalue weighted by Gasteiger charge is -2.48. The Hall–Kier alpha value is -3.81. The summed E-state index contributed by atoms with van der Waals surface area (Å²) in [5.41, 5.74) is 0. The van der Waals surface area contributed by atoms with Gasteiger partial charge in [0.05, 0.1) is 0 Å².